The highest BCUT2D eigenvalue weighted by Gasteiger charge is 2.14. The lowest BCUT2D eigenvalue weighted by Crippen LogP contribution is -2.33. The topological polar surface area (TPSA) is 40.5 Å². The van der Waals surface area contributed by atoms with Crippen LogP contribution in [0.3, 0.4) is 0 Å². The zero-order chi connectivity index (χ0) is 13.0. The van der Waals surface area contributed by atoms with Gasteiger partial charge in [0.1, 0.15) is 0 Å². The number of rotatable bonds is 5. The van der Waals surface area contributed by atoms with E-state index in [0.717, 1.165) is 11.3 Å². The third-order valence-corrected chi connectivity index (χ3v) is 2.89. The highest BCUT2D eigenvalue weighted by molar-refractivity contribution is 6.30. The van der Waals surface area contributed by atoms with Crippen molar-refractivity contribution in [3.8, 4) is 0 Å². The number of benzene rings is 1. The standard InChI is InChI=1S/C13H18ClNO2/c1-9(2)15(7-6-13(16)17)12-5-4-11(14)8-10(12)3/h4-5,8-9H,6-7H2,1-3H3,(H,16,17). The minimum atomic E-state index is -0.776. The number of halogens is 1. The Hall–Kier alpha value is -1.22. The fourth-order valence-corrected chi connectivity index (χ4v) is 2.04. The molecule has 0 bridgehead atoms. The molecule has 0 saturated carbocycles. The number of aliphatic carboxylic acids is 1. The quantitative estimate of drug-likeness (QED) is 0.877. The van der Waals surface area contributed by atoms with Gasteiger partial charge >= 0.3 is 5.97 Å². The Morgan fingerprint density at radius 1 is 1.47 bits per heavy atom. The van der Waals surface area contributed by atoms with Crippen LogP contribution in [0.5, 0.6) is 0 Å². The van der Waals surface area contributed by atoms with Crippen LogP contribution in [-0.2, 0) is 4.79 Å². The SMILES string of the molecule is Cc1cc(Cl)ccc1N(CCC(=O)O)C(C)C. The Bertz CT molecular complexity index is 404. The van der Waals surface area contributed by atoms with Gasteiger partial charge in [0.15, 0.2) is 0 Å². The zero-order valence-corrected chi connectivity index (χ0v) is 11.2. The summed E-state index contributed by atoms with van der Waals surface area (Å²) in [5, 5.41) is 9.46. The van der Waals surface area contributed by atoms with Crippen molar-refractivity contribution in [2.75, 3.05) is 11.4 Å². The molecule has 0 saturated heterocycles. The largest absolute Gasteiger partial charge is 0.481 e. The molecule has 4 heteroatoms. The number of aryl methyl sites for hydroxylation is 1. The Kier molecular flexibility index (Phi) is 4.82. The first-order valence-corrected chi connectivity index (χ1v) is 6.04. The molecular weight excluding hydrogens is 238 g/mol. The molecule has 1 aromatic rings. The molecule has 17 heavy (non-hydrogen) atoms. The molecule has 1 rings (SSSR count). The van der Waals surface area contributed by atoms with Crippen molar-refractivity contribution >= 4 is 23.3 Å². The molecule has 3 nitrogen and oxygen atoms in total. The Balaban J connectivity index is 2.93. The second-order valence-electron chi connectivity index (χ2n) is 4.36. The maximum Gasteiger partial charge on any atom is 0.305 e. The molecule has 0 aliphatic carbocycles. The van der Waals surface area contributed by atoms with Gasteiger partial charge in [-0.2, -0.15) is 0 Å². The average molecular weight is 256 g/mol. The number of nitrogens with zero attached hydrogens (tertiary/aromatic N) is 1. The molecular formula is C13H18ClNO2. The van der Waals surface area contributed by atoms with E-state index in [0.29, 0.717) is 11.6 Å². The van der Waals surface area contributed by atoms with E-state index in [1.54, 1.807) is 0 Å². The van der Waals surface area contributed by atoms with Crippen LogP contribution in [0.15, 0.2) is 18.2 Å². The molecule has 0 aromatic heterocycles. The number of carboxylic acids is 1. The van der Waals surface area contributed by atoms with E-state index in [2.05, 4.69) is 18.7 Å². The van der Waals surface area contributed by atoms with E-state index in [1.807, 2.05) is 25.1 Å². The minimum absolute atomic E-state index is 0.139. The van der Waals surface area contributed by atoms with Gasteiger partial charge in [-0.25, -0.2) is 0 Å². The third kappa shape index (κ3) is 3.93. The van der Waals surface area contributed by atoms with Gasteiger partial charge in [0.05, 0.1) is 6.42 Å². The summed E-state index contributed by atoms with van der Waals surface area (Å²) < 4.78 is 0. The Labute approximate surface area is 107 Å². The maximum atomic E-state index is 10.6. The molecule has 0 spiro atoms. The molecule has 0 heterocycles. The normalized spacial score (nSPS) is 10.6. The van der Waals surface area contributed by atoms with Gasteiger partial charge in [0.25, 0.3) is 0 Å². The summed E-state index contributed by atoms with van der Waals surface area (Å²) in [6.45, 7) is 6.60. The van der Waals surface area contributed by atoms with E-state index >= 15 is 0 Å². The van der Waals surface area contributed by atoms with Crippen molar-refractivity contribution < 1.29 is 9.90 Å². The van der Waals surface area contributed by atoms with E-state index in [4.69, 9.17) is 16.7 Å². The van der Waals surface area contributed by atoms with Crippen LogP contribution in [0.1, 0.15) is 25.8 Å². The maximum absolute atomic E-state index is 10.6. The molecule has 0 atom stereocenters. The molecule has 0 aliphatic rings. The van der Waals surface area contributed by atoms with Gasteiger partial charge in [-0.1, -0.05) is 11.6 Å². The summed E-state index contributed by atoms with van der Waals surface area (Å²) in [7, 11) is 0. The summed E-state index contributed by atoms with van der Waals surface area (Å²) >= 11 is 5.92. The average Bonchev–Trinajstić information content (AvgIpc) is 2.20. The highest BCUT2D eigenvalue weighted by atomic mass is 35.5. The lowest BCUT2D eigenvalue weighted by atomic mass is 10.1. The van der Waals surface area contributed by atoms with Gasteiger partial charge in [-0.15, -0.1) is 0 Å². The smallest absolute Gasteiger partial charge is 0.305 e. The van der Waals surface area contributed by atoms with Gasteiger partial charge in [-0.3, -0.25) is 4.79 Å². The van der Waals surface area contributed by atoms with Crippen LogP contribution in [0.25, 0.3) is 0 Å². The van der Waals surface area contributed by atoms with Crippen LogP contribution in [0.4, 0.5) is 5.69 Å². The summed E-state index contributed by atoms with van der Waals surface area (Å²) in [4.78, 5) is 12.7. The summed E-state index contributed by atoms with van der Waals surface area (Å²) in [5.74, 6) is -0.776. The van der Waals surface area contributed by atoms with Crippen molar-refractivity contribution in [1.29, 1.82) is 0 Å². The fraction of sp³-hybridized carbons (Fsp3) is 0.462. The van der Waals surface area contributed by atoms with Crippen molar-refractivity contribution in [1.82, 2.24) is 0 Å². The van der Waals surface area contributed by atoms with Crippen LogP contribution in [0.2, 0.25) is 5.02 Å². The third-order valence-electron chi connectivity index (χ3n) is 2.66. The minimum Gasteiger partial charge on any atom is -0.481 e. The predicted octanol–water partition coefficient (Wildman–Crippen LogP) is 3.34. The second kappa shape index (κ2) is 5.92. The summed E-state index contributed by atoms with van der Waals surface area (Å²) in [6.07, 6.45) is 0.139. The second-order valence-corrected chi connectivity index (χ2v) is 4.80. The number of carboxylic acid groups (broad SMARTS) is 1. The van der Waals surface area contributed by atoms with E-state index in [1.165, 1.54) is 0 Å². The number of hydrogen-bond acceptors (Lipinski definition) is 2. The van der Waals surface area contributed by atoms with Gasteiger partial charge < -0.3 is 10.0 Å². The lowest BCUT2D eigenvalue weighted by Gasteiger charge is -2.30. The van der Waals surface area contributed by atoms with Crippen LogP contribution >= 0.6 is 11.6 Å². The predicted molar refractivity (Wildman–Crippen MR) is 70.9 cm³/mol. The molecule has 1 aromatic carbocycles. The van der Waals surface area contributed by atoms with Crippen LogP contribution < -0.4 is 4.90 Å². The molecule has 0 fully saturated rings. The number of carbonyl (C=O) groups is 1. The van der Waals surface area contributed by atoms with Crippen molar-refractivity contribution in [3.05, 3.63) is 28.8 Å². The molecule has 94 valence electrons. The Morgan fingerprint density at radius 2 is 2.12 bits per heavy atom. The van der Waals surface area contributed by atoms with E-state index in [9.17, 15) is 4.79 Å². The van der Waals surface area contributed by atoms with Crippen LogP contribution in [-0.4, -0.2) is 23.7 Å². The first-order valence-electron chi connectivity index (χ1n) is 5.66. The van der Waals surface area contributed by atoms with Gasteiger partial charge in [-0.05, 0) is 44.5 Å². The van der Waals surface area contributed by atoms with Crippen LogP contribution in [0, 0.1) is 6.92 Å². The first kappa shape index (κ1) is 13.8. The number of hydrogen-bond donors (Lipinski definition) is 1. The molecule has 0 unspecified atom stereocenters. The molecule has 0 aliphatic heterocycles. The highest BCUT2D eigenvalue weighted by Crippen LogP contribution is 2.25. The van der Waals surface area contributed by atoms with Crippen molar-refractivity contribution in [3.63, 3.8) is 0 Å². The summed E-state index contributed by atoms with van der Waals surface area (Å²) in [5.41, 5.74) is 2.11. The van der Waals surface area contributed by atoms with Gasteiger partial charge in [0, 0.05) is 23.3 Å². The van der Waals surface area contributed by atoms with Crippen molar-refractivity contribution in [2.24, 2.45) is 0 Å². The summed E-state index contributed by atoms with van der Waals surface area (Å²) in [6, 6.07) is 5.93. The molecule has 0 radical (unpaired) electrons. The first-order chi connectivity index (χ1) is 7.91. The lowest BCUT2D eigenvalue weighted by molar-refractivity contribution is -0.136. The molecule has 0 amide bonds. The van der Waals surface area contributed by atoms with Crippen molar-refractivity contribution in [2.45, 2.75) is 33.2 Å². The fourth-order valence-electron chi connectivity index (χ4n) is 1.81. The van der Waals surface area contributed by atoms with E-state index < -0.39 is 5.97 Å². The monoisotopic (exact) mass is 255 g/mol. The Morgan fingerprint density at radius 3 is 2.59 bits per heavy atom. The van der Waals surface area contributed by atoms with E-state index in [-0.39, 0.29) is 12.5 Å². The zero-order valence-electron chi connectivity index (χ0n) is 10.4. The number of anilines is 1. The molecule has 1 N–H and O–H groups in total. The van der Waals surface area contributed by atoms with Gasteiger partial charge in [0.2, 0.25) is 0 Å².